The van der Waals surface area contributed by atoms with Crippen LogP contribution in [0.5, 0.6) is 0 Å². The maximum Gasteiger partial charge on any atom is -0.0357 e. The Hall–Kier alpha value is 0. The van der Waals surface area contributed by atoms with Crippen LogP contribution in [0, 0.1) is 29.6 Å². The molecule has 0 N–H and O–H groups in total. The summed E-state index contributed by atoms with van der Waals surface area (Å²) in [6.45, 7) is 2.48. The summed E-state index contributed by atoms with van der Waals surface area (Å²) >= 11 is 0. The second-order valence-corrected chi connectivity index (χ2v) is 4.86. The third-order valence-electron chi connectivity index (χ3n) is 4.46. The van der Waals surface area contributed by atoms with E-state index in [1.54, 1.807) is 25.7 Å². The van der Waals surface area contributed by atoms with Gasteiger partial charge in [-0.25, -0.2) is 0 Å². The minimum absolute atomic E-state index is 1.09. The van der Waals surface area contributed by atoms with Crippen molar-refractivity contribution in [2.45, 2.75) is 32.6 Å². The van der Waals surface area contributed by atoms with Gasteiger partial charge in [-0.15, -0.1) is 0 Å². The Balaban J connectivity index is 1.98. The molecular weight excluding hydrogens is 120 g/mol. The Morgan fingerprint density at radius 2 is 1.50 bits per heavy atom. The third-order valence-corrected chi connectivity index (χ3v) is 4.46. The van der Waals surface area contributed by atoms with Gasteiger partial charge in [-0.3, -0.25) is 0 Å². The van der Waals surface area contributed by atoms with Crippen LogP contribution < -0.4 is 0 Å². The molecule has 0 aromatic heterocycles. The highest BCUT2D eigenvalue weighted by atomic mass is 14.6. The molecule has 0 spiro atoms. The molecule has 0 saturated heterocycles. The Morgan fingerprint density at radius 3 is 1.90 bits per heavy atom. The van der Waals surface area contributed by atoms with E-state index in [-0.39, 0.29) is 0 Å². The maximum atomic E-state index is 2.48. The highest BCUT2D eigenvalue weighted by molar-refractivity contribution is 5.01. The van der Waals surface area contributed by atoms with Crippen molar-refractivity contribution in [3.8, 4) is 0 Å². The van der Waals surface area contributed by atoms with Gasteiger partial charge in [0, 0.05) is 0 Å². The molecule has 0 nitrogen and oxygen atoms in total. The average molecular weight is 136 g/mol. The molecule has 0 amide bonds. The quantitative estimate of drug-likeness (QED) is 0.480. The molecule has 0 radical (unpaired) electrons. The number of hydrogen-bond donors (Lipinski definition) is 0. The van der Waals surface area contributed by atoms with Crippen molar-refractivity contribution in [2.24, 2.45) is 29.6 Å². The summed E-state index contributed by atoms with van der Waals surface area (Å²) in [6, 6.07) is 0. The van der Waals surface area contributed by atoms with Crippen LogP contribution in [0.15, 0.2) is 0 Å². The van der Waals surface area contributed by atoms with Gasteiger partial charge >= 0.3 is 0 Å². The lowest BCUT2D eigenvalue weighted by atomic mass is 9.65. The van der Waals surface area contributed by atoms with Crippen LogP contribution in [0.1, 0.15) is 32.6 Å². The van der Waals surface area contributed by atoms with Crippen molar-refractivity contribution >= 4 is 0 Å². The van der Waals surface area contributed by atoms with E-state index in [1.807, 2.05) is 0 Å². The summed E-state index contributed by atoms with van der Waals surface area (Å²) in [5.41, 5.74) is 0. The molecule has 4 rings (SSSR count). The molecule has 0 heterocycles. The monoisotopic (exact) mass is 136 g/mol. The molecule has 4 saturated carbocycles. The summed E-state index contributed by atoms with van der Waals surface area (Å²) in [6.07, 6.45) is 6.40. The van der Waals surface area contributed by atoms with E-state index in [4.69, 9.17) is 0 Å². The van der Waals surface area contributed by atoms with Gasteiger partial charge in [0.1, 0.15) is 0 Å². The van der Waals surface area contributed by atoms with Gasteiger partial charge in [0.05, 0.1) is 0 Å². The largest absolute Gasteiger partial charge is 0.0622 e. The molecule has 10 heavy (non-hydrogen) atoms. The first-order chi connectivity index (χ1) is 4.84. The summed E-state index contributed by atoms with van der Waals surface area (Å²) < 4.78 is 0. The van der Waals surface area contributed by atoms with Crippen LogP contribution in [-0.4, -0.2) is 0 Å². The SMILES string of the molecule is CC1CC2CC3CC2CC13. The Labute approximate surface area is 63.0 Å². The first kappa shape index (κ1) is 5.62. The summed E-state index contributed by atoms with van der Waals surface area (Å²) in [7, 11) is 0. The molecule has 0 aliphatic heterocycles. The molecule has 4 fully saturated rings. The molecular formula is C10H16. The summed E-state index contributed by atoms with van der Waals surface area (Å²) in [4.78, 5) is 0. The molecule has 4 aliphatic carbocycles. The lowest BCUT2D eigenvalue weighted by Crippen LogP contribution is -2.31. The van der Waals surface area contributed by atoms with E-state index in [2.05, 4.69) is 6.92 Å². The van der Waals surface area contributed by atoms with Crippen molar-refractivity contribution in [3.05, 3.63) is 0 Å². The Morgan fingerprint density at radius 1 is 0.800 bits per heavy atom. The predicted molar refractivity (Wildman–Crippen MR) is 41.6 cm³/mol. The predicted octanol–water partition coefficient (Wildman–Crippen LogP) is 2.69. The van der Waals surface area contributed by atoms with Gasteiger partial charge in [-0.05, 0) is 55.3 Å². The molecule has 0 heteroatoms. The first-order valence-electron chi connectivity index (χ1n) is 4.84. The van der Waals surface area contributed by atoms with Crippen LogP contribution in [-0.2, 0) is 0 Å². The third kappa shape index (κ3) is 0.500. The molecule has 0 aromatic carbocycles. The van der Waals surface area contributed by atoms with E-state index in [9.17, 15) is 0 Å². The highest BCUT2D eigenvalue weighted by Gasteiger charge is 2.51. The fourth-order valence-electron chi connectivity index (χ4n) is 4.08. The second kappa shape index (κ2) is 1.60. The molecule has 5 atom stereocenters. The van der Waals surface area contributed by atoms with Crippen molar-refractivity contribution in [3.63, 3.8) is 0 Å². The minimum atomic E-state index is 1.09. The molecule has 5 unspecified atom stereocenters. The molecule has 0 aromatic rings. The van der Waals surface area contributed by atoms with E-state index in [1.165, 1.54) is 17.8 Å². The van der Waals surface area contributed by atoms with Crippen molar-refractivity contribution < 1.29 is 0 Å². The standard InChI is InChI=1S/C10H16/c1-6-2-7-3-9-4-8(7)5-10(6)9/h6-10H,2-5H2,1H3. The van der Waals surface area contributed by atoms with Gasteiger partial charge in [-0.1, -0.05) is 6.92 Å². The lowest BCUT2D eigenvalue weighted by molar-refractivity contribution is 0.0982. The van der Waals surface area contributed by atoms with Crippen molar-refractivity contribution in [1.82, 2.24) is 0 Å². The van der Waals surface area contributed by atoms with E-state index >= 15 is 0 Å². The normalized spacial score (nSPS) is 63.9. The zero-order valence-electron chi connectivity index (χ0n) is 6.72. The van der Waals surface area contributed by atoms with Crippen LogP contribution in [0.2, 0.25) is 0 Å². The van der Waals surface area contributed by atoms with Gasteiger partial charge in [0.25, 0.3) is 0 Å². The van der Waals surface area contributed by atoms with E-state index in [0.717, 1.165) is 11.8 Å². The first-order valence-corrected chi connectivity index (χ1v) is 4.84. The van der Waals surface area contributed by atoms with Crippen molar-refractivity contribution in [1.29, 1.82) is 0 Å². The summed E-state index contributed by atoms with van der Waals surface area (Å²) in [5, 5.41) is 0. The zero-order chi connectivity index (χ0) is 6.72. The Bertz CT molecular complexity index is 159. The minimum Gasteiger partial charge on any atom is -0.0622 e. The highest BCUT2D eigenvalue weighted by Crippen LogP contribution is 2.61. The molecule has 56 valence electrons. The number of fused-ring (bicyclic) bond motifs is 1. The molecule has 4 bridgehead atoms. The van der Waals surface area contributed by atoms with Gasteiger partial charge in [-0.2, -0.15) is 0 Å². The number of hydrogen-bond acceptors (Lipinski definition) is 0. The fourth-order valence-corrected chi connectivity index (χ4v) is 4.08. The number of rotatable bonds is 0. The summed E-state index contributed by atoms with van der Waals surface area (Å²) in [5.74, 6) is 5.78. The van der Waals surface area contributed by atoms with E-state index in [0.29, 0.717) is 0 Å². The molecule has 4 aliphatic rings. The second-order valence-electron chi connectivity index (χ2n) is 4.86. The Kier molecular flexibility index (Phi) is 0.898. The van der Waals surface area contributed by atoms with Crippen molar-refractivity contribution in [2.75, 3.05) is 0 Å². The smallest absolute Gasteiger partial charge is 0.0357 e. The lowest BCUT2D eigenvalue weighted by Gasteiger charge is -2.40. The van der Waals surface area contributed by atoms with Crippen LogP contribution in [0.25, 0.3) is 0 Å². The van der Waals surface area contributed by atoms with Gasteiger partial charge in [0.2, 0.25) is 0 Å². The fraction of sp³-hybridized carbons (Fsp3) is 1.00. The maximum absolute atomic E-state index is 2.48. The zero-order valence-corrected chi connectivity index (χ0v) is 6.72. The van der Waals surface area contributed by atoms with Crippen LogP contribution in [0.4, 0.5) is 0 Å². The van der Waals surface area contributed by atoms with Gasteiger partial charge in [0.15, 0.2) is 0 Å². The van der Waals surface area contributed by atoms with Crippen LogP contribution >= 0.6 is 0 Å². The van der Waals surface area contributed by atoms with Gasteiger partial charge < -0.3 is 0 Å². The van der Waals surface area contributed by atoms with E-state index < -0.39 is 0 Å². The topological polar surface area (TPSA) is 0 Å². The van der Waals surface area contributed by atoms with Crippen LogP contribution in [0.3, 0.4) is 0 Å². The average Bonchev–Trinajstić information content (AvgIpc) is 2.41.